The maximum Gasteiger partial charge on any atom is 0.0503 e. The van der Waals surface area contributed by atoms with E-state index in [9.17, 15) is 0 Å². The van der Waals surface area contributed by atoms with Crippen molar-refractivity contribution in [2.45, 2.75) is 19.3 Å². The molecule has 0 saturated carbocycles. The summed E-state index contributed by atoms with van der Waals surface area (Å²) in [6, 6.07) is 52.1. The Balaban J connectivity index is 1.32. The first-order chi connectivity index (χ1) is 20.1. The molecule has 6 aromatic carbocycles. The Hall–Kier alpha value is -5.08. The highest BCUT2D eigenvalue weighted by molar-refractivity contribution is 5.88. The van der Waals surface area contributed by atoms with E-state index in [1.807, 2.05) is 0 Å². The van der Waals surface area contributed by atoms with Gasteiger partial charge in [-0.1, -0.05) is 105 Å². The lowest BCUT2D eigenvalue weighted by Gasteiger charge is -2.42. The van der Waals surface area contributed by atoms with Gasteiger partial charge in [-0.3, -0.25) is 0 Å². The molecule has 198 valence electrons. The lowest BCUT2D eigenvalue weighted by Crippen LogP contribution is -2.30. The van der Waals surface area contributed by atoms with Crippen LogP contribution in [0.15, 0.2) is 152 Å². The molecule has 7 rings (SSSR count). The Kier molecular flexibility index (Phi) is 6.17. The van der Waals surface area contributed by atoms with Crippen molar-refractivity contribution < 1.29 is 0 Å². The summed E-state index contributed by atoms with van der Waals surface area (Å²) in [5.41, 5.74) is 9.59. The zero-order chi connectivity index (χ0) is 27.8. The van der Waals surface area contributed by atoms with Gasteiger partial charge < -0.3 is 9.80 Å². The molecule has 1 aliphatic heterocycles. The van der Waals surface area contributed by atoms with Crippen LogP contribution in [0.2, 0.25) is 0 Å². The van der Waals surface area contributed by atoms with Gasteiger partial charge in [0.05, 0.1) is 11.4 Å². The van der Waals surface area contributed by atoms with Gasteiger partial charge in [0.25, 0.3) is 0 Å². The highest BCUT2D eigenvalue weighted by Gasteiger charge is 2.36. The fraction of sp³-hybridized carbons (Fsp3) is 0.0769. The monoisotopic (exact) mass is 528 g/mol. The summed E-state index contributed by atoms with van der Waals surface area (Å²) in [5, 5.41) is 2.47. The summed E-state index contributed by atoms with van der Waals surface area (Å²) >= 11 is 0. The van der Waals surface area contributed by atoms with E-state index in [1.54, 1.807) is 0 Å². The molecule has 0 aliphatic carbocycles. The highest BCUT2D eigenvalue weighted by Crippen LogP contribution is 2.51. The number of rotatable bonds is 5. The van der Waals surface area contributed by atoms with Gasteiger partial charge in [-0.2, -0.15) is 0 Å². The van der Waals surface area contributed by atoms with E-state index < -0.39 is 0 Å². The van der Waals surface area contributed by atoms with Gasteiger partial charge in [0.2, 0.25) is 0 Å². The summed E-state index contributed by atoms with van der Waals surface area (Å²) in [6.07, 6.45) is 4.42. The van der Waals surface area contributed by atoms with Crippen LogP contribution in [0.3, 0.4) is 0 Å². The molecule has 1 heterocycles. The zero-order valence-corrected chi connectivity index (χ0v) is 23.4. The molecule has 0 bridgehead atoms. The second-order valence-electron chi connectivity index (χ2n) is 11.1. The van der Waals surface area contributed by atoms with Crippen molar-refractivity contribution in [3.05, 3.63) is 168 Å². The van der Waals surface area contributed by atoms with Crippen molar-refractivity contribution in [2.75, 3.05) is 9.80 Å². The van der Waals surface area contributed by atoms with E-state index >= 15 is 0 Å². The third kappa shape index (κ3) is 4.48. The molecule has 0 unspecified atom stereocenters. The largest absolute Gasteiger partial charge is 0.317 e. The molecule has 0 atom stereocenters. The molecule has 0 N–H and O–H groups in total. The molecular formula is C39H32N2. The van der Waals surface area contributed by atoms with E-state index in [0.717, 1.165) is 11.4 Å². The minimum Gasteiger partial charge on any atom is -0.317 e. The maximum absolute atomic E-state index is 2.40. The quantitative estimate of drug-likeness (QED) is 0.220. The number of para-hydroxylation sites is 3. The molecule has 0 aromatic heterocycles. The van der Waals surface area contributed by atoms with Crippen LogP contribution in [0.25, 0.3) is 16.8 Å². The van der Waals surface area contributed by atoms with Crippen molar-refractivity contribution in [1.82, 2.24) is 0 Å². The lowest BCUT2D eigenvalue weighted by molar-refractivity contribution is 0.631. The van der Waals surface area contributed by atoms with Crippen LogP contribution in [0, 0.1) is 0 Å². The minimum absolute atomic E-state index is 0.140. The molecule has 41 heavy (non-hydrogen) atoms. The summed E-state index contributed by atoms with van der Waals surface area (Å²) in [4.78, 5) is 4.66. The van der Waals surface area contributed by atoms with Crippen LogP contribution >= 0.6 is 0 Å². The number of hydrogen-bond acceptors (Lipinski definition) is 2. The first kappa shape index (κ1) is 24.9. The van der Waals surface area contributed by atoms with Gasteiger partial charge in [0.1, 0.15) is 0 Å². The van der Waals surface area contributed by atoms with Crippen molar-refractivity contribution in [2.24, 2.45) is 0 Å². The van der Waals surface area contributed by atoms with E-state index in [1.165, 1.54) is 44.5 Å². The third-order valence-corrected chi connectivity index (χ3v) is 8.23. The Bertz CT molecular complexity index is 1870. The number of anilines is 5. The van der Waals surface area contributed by atoms with Gasteiger partial charge in [0, 0.05) is 28.7 Å². The van der Waals surface area contributed by atoms with Gasteiger partial charge in [-0.25, -0.2) is 0 Å². The second kappa shape index (κ2) is 10.1. The van der Waals surface area contributed by atoms with E-state index in [0.29, 0.717) is 0 Å². The van der Waals surface area contributed by atoms with Crippen molar-refractivity contribution in [3.63, 3.8) is 0 Å². The van der Waals surface area contributed by atoms with Crippen molar-refractivity contribution >= 4 is 45.3 Å². The number of fused-ring (bicyclic) bond motifs is 3. The SMILES string of the molecule is CC1(C)c2ccccc2N(c2ccccc2)c2ccc(/C=C/N(c3ccccc3)c3ccc4ccccc4c3)cc21. The molecule has 0 saturated heterocycles. The predicted octanol–water partition coefficient (Wildman–Crippen LogP) is 10.8. The van der Waals surface area contributed by atoms with Crippen LogP contribution < -0.4 is 9.80 Å². The molecule has 0 fully saturated rings. The van der Waals surface area contributed by atoms with Crippen molar-refractivity contribution in [3.8, 4) is 0 Å². The zero-order valence-electron chi connectivity index (χ0n) is 23.4. The average Bonchev–Trinajstić information content (AvgIpc) is 3.02. The van der Waals surface area contributed by atoms with Crippen LogP contribution in [0.4, 0.5) is 28.4 Å². The molecule has 0 radical (unpaired) electrons. The predicted molar refractivity (Wildman–Crippen MR) is 175 cm³/mol. The summed E-state index contributed by atoms with van der Waals surface area (Å²) in [6.45, 7) is 4.68. The number of hydrogen-bond donors (Lipinski definition) is 0. The Morgan fingerprint density at radius 2 is 1.20 bits per heavy atom. The maximum atomic E-state index is 2.40. The lowest BCUT2D eigenvalue weighted by atomic mass is 9.73. The fourth-order valence-electron chi connectivity index (χ4n) is 6.08. The average molecular weight is 529 g/mol. The third-order valence-electron chi connectivity index (χ3n) is 8.23. The first-order valence-electron chi connectivity index (χ1n) is 14.2. The summed E-state index contributed by atoms with van der Waals surface area (Å²) < 4.78 is 0. The molecule has 0 spiro atoms. The Morgan fingerprint density at radius 1 is 0.537 bits per heavy atom. The van der Waals surface area contributed by atoms with Crippen LogP contribution in [0.1, 0.15) is 30.5 Å². The second-order valence-corrected chi connectivity index (χ2v) is 11.1. The Labute approximate surface area is 242 Å². The molecule has 0 amide bonds. The normalized spacial score (nSPS) is 13.7. The van der Waals surface area contributed by atoms with Gasteiger partial charge in [-0.05, 0) is 88.1 Å². The van der Waals surface area contributed by atoms with Gasteiger partial charge in [-0.15, -0.1) is 0 Å². The Morgan fingerprint density at radius 3 is 2.00 bits per heavy atom. The van der Waals surface area contributed by atoms with Gasteiger partial charge in [0.15, 0.2) is 0 Å². The number of benzene rings is 6. The standard InChI is InChI=1S/C39H32N2/c1-39(2)35-19-11-12-20-37(35)41(33-17-7-4-8-18-33)38-24-21-29(27-36(38)39)25-26-40(32-15-5-3-6-16-32)34-23-22-30-13-9-10-14-31(30)28-34/h3-28H,1-2H3/b26-25+. The molecule has 1 aliphatic rings. The van der Waals surface area contributed by atoms with Crippen molar-refractivity contribution in [1.29, 1.82) is 0 Å². The summed E-state index contributed by atoms with van der Waals surface area (Å²) in [5.74, 6) is 0. The fourth-order valence-corrected chi connectivity index (χ4v) is 6.08. The molecule has 6 aromatic rings. The van der Waals surface area contributed by atoms with Crippen LogP contribution in [-0.4, -0.2) is 0 Å². The van der Waals surface area contributed by atoms with Crippen LogP contribution in [0.5, 0.6) is 0 Å². The highest BCUT2D eigenvalue weighted by atomic mass is 15.2. The van der Waals surface area contributed by atoms with Crippen LogP contribution in [-0.2, 0) is 5.41 Å². The number of nitrogens with zero attached hydrogens (tertiary/aromatic N) is 2. The molecular weight excluding hydrogens is 496 g/mol. The van der Waals surface area contributed by atoms with E-state index in [4.69, 9.17) is 0 Å². The molecule has 2 heteroatoms. The van der Waals surface area contributed by atoms with Gasteiger partial charge >= 0.3 is 0 Å². The van der Waals surface area contributed by atoms with E-state index in [2.05, 4.69) is 182 Å². The first-order valence-corrected chi connectivity index (χ1v) is 14.2. The smallest absolute Gasteiger partial charge is 0.0503 e. The minimum atomic E-state index is -0.140. The summed E-state index contributed by atoms with van der Waals surface area (Å²) in [7, 11) is 0. The molecule has 2 nitrogen and oxygen atoms in total. The topological polar surface area (TPSA) is 6.48 Å². The van der Waals surface area contributed by atoms with E-state index in [-0.39, 0.29) is 5.41 Å².